The number of rotatable bonds is 1. The molecule has 1 aliphatic carbocycles. The predicted octanol–water partition coefficient (Wildman–Crippen LogP) is 1.16. The van der Waals surface area contributed by atoms with Crippen LogP contribution >= 0.6 is 0 Å². The minimum Gasteiger partial charge on any atom is -0.390 e. The van der Waals surface area contributed by atoms with Crippen molar-refractivity contribution in [3.63, 3.8) is 0 Å². The van der Waals surface area contributed by atoms with Crippen LogP contribution in [0, 0.1) is 11.8 Å². The quantitative estimate of drug-likeness (QED) is 0.601. The third-order valence-electron chi connectivity index (χ3n) is 2.73. The Labute approximate surface area is 68.2 Å². The Morgan fingerprint density at radius 1 is 1.18 bits per heavy atom. The molecule has 0 bridgehead atoms. The lowest BCUT2D eigenvalue weighted by Gasteiger charge is -2.34. The van der Waals surface area contributed by atoms with Gasteiger partial charge in [-0.05, 0) is 24.7 Å². The van der Waals surface area contributed by atoms with E-state index in [4.69, 9.17) is 0 Å². The second kappa shape index (κ2) is 3.55. The van der Waals surface area contributed by atoms with Crippen LogP contribution in [-0.2, 0) is 0 Å². The molecular weight excluding hydrogens is 140 g/mol. The Kier molecular flexibility index (Phi) is 2.90. The molecule has 66 valence electrons. The number of hydrogen-bond acceptors (Lipinski definition) is 2. The molecule has 0 aromatic heterocycles. The summed E-state index contributed by atoms with van der Waals surface area (Å²) in [6.07, 6.45) is 1.93. The molecule has 3 atom stereocenters. The molecule has 0 radical (unpaired) electrons. The van der Waals surface area contributed by atoms with Gasteiger partial charge < -0.3 is 10.2 Å². The molecule has 3 unspecified atom stereocenters. The van der Waals surface area contributed by atoms with E-state index < -0.39 is 12.2 Å². The van der Waals surface area contributed by atoms with Crippen LogP contribution < -0.4 is 0 Å². The Morgan fingerprint density at radius 2 is 1.82 bits per heavy atom. The van der Waals surface area contributed by atoms with Gasteiger partial charge >= 0.3 is 0 Å². The third-order valence-corrected chi connectivity index (χ3v) is 2.73. The highest BCUT2D eigenvalue weighted by molar-refractivity contribution is 4.82. The molecule has 0 spiro atoms. The average molecular weight is 158 g/mol. The summed E-state index contributed by atoms with van der Waals surface area (Å²) in [6.45, 7) is 4.21. The SMILES string of the molecule is CC(C)C1CCCC(O)C1O. The predicted molar refractivity (Wildman–Crippen MR) is 44.2 cm³/mol. The Hall–Kier alpha value is -0.0800. The van der Waals surface area contributed by atoms with Crippen molar-refractivity contribution in [2.75, 3.05) is 0 Å². The number of aliphatic hydroxyl groups excluding tert-OH is 2. The standard InChI is InChI=1S/C9H18O2/c1-6(2)7-4-3-5-8(10)9(7)11/h6-11H,3-5H2,1-2H3. The molecule has 0 saturated heterocycles. The minimum absolute atomic E-state index is 0.304. The van der Waals surface area contributed by atoms with Crippen LogP contribution in [0.3, 0.4) is 0 Å². The molecular formula is C9H18O2. The van der Waals surface area contributed by atoms with Crippen LogP contribution in [-0.4, -0.2) is 22.4 Å². The first-order chi connectivity index (χ1) is 5.13. The normalized spacial score (nSPS) is 39.5. The van der Waals surface area contributed by atoms with Crippen LogP contribution in [0.15, 0.2) is 0 Å². The molecule has 1 rings (SSSR count). The highest BCUT2D eigenvalue weighted by atomic mass is 16.3. The van der Waals surface area contributed by atoms with Gasteiger partial charge in [-0.25, -0.2) is 0 Å². The van der Waals surface area contributed by atoms with E-state index >= 15 is 0 Å². The summed E-state index contributed by atoms with van der Waals surface area (Å²) in [4.78, 5) is 0. The lowest BCUT2D eigenvalue weighted by molar-refractivity contribution is -0.0573. The molecule has 0 heterocycles. The second-order valence-electron chi connectivity index (χ2n) is 3.90. The van der Waals surface area contributed by atoms with E-state index in [9.17, 15) is 10.2 Å². The van der Waals surface area contributed by atoms with Gasteiger partial charge in [0.2, 0.25) is 0 Å². The first-order valence-electron chi connectivity index (χ1n) is 4.49. The molecule has 1 saturated carbocycles. The van der Waals surface area contributed by atoms with E-state index in [1.165, 1.54) is 0 Å². The zero-order valence-electron chi connectivity index (χ0n) is 7.33. The number of hydrogen-bond donors (Lipinski definition) is 2. The van der Waals surface area contributed by atoms with Crippen molar-refractivity contribution in [2.45, 2.75) is 45.3 Å². The summed E-state index contributed by atoms with van der Waals surface area (Å²) in [7, 11) is 0. The van der Waals surface area contributed by atoms with E-state index in [1.54, 1.807) is 0 Å². The summed E-state index contributed by atoms with van der Waals surface area (Å²) in [5.74, 6) is 0.790. The summed E-state index contributed by atoms with van der Waals surface area (Å²) in [5.41, 5.74) is 0. The second-order valence-corrected chi connectivity index (χ2v) is 3.90. The van der Waals surface area contributed by atoms with Gasteiger partial charge in [-0.2, -0.15) is 0 Å². The van der Waals surface area contributed by atoms with Crippen molar-refractivity contribution in [1.29, 1.82) is 0 Å². The smallest absolute Gasteiger partial charge is 0.0829 e. The van der Waals surface area contributed by atoms with Gasteiger partial charge in [-0.3, -0.25) is 0 Å². The minimum atomic E-state index is -0.483. The molecule has 0 aliphatic heterocycles. The highest BCUT2D eigenvalue weighted by Crippen LogP contribution is 2.30. The summed E-state index contributed by atoms with van der Waals surface area (Å²) < 4.78 is 0. The summed E-state index contributed by atoms with van der Waals surface area (Å²) >= 11 is 0. The lowest BCUT2D eigenvalue weighted by atomic mass is 9.78. The van der Waals surface area contributed by atoms with Crippen LogP contribution in [0.5, 0.6) is 0 Å². The van der Waals surface area contributed by atoms with Gasteiger partial charge in [-0.1, -0.05) is 20.3 Å². The maximum absolute atomic E-state index is 9.56. The van der Waals surface area contributed by atoms with Crippen molar-refractivity contribution in [2.24, 2.45) is 11.8 Å². The van der Waals surface area contributed by atoms with E-state index in [0.717, 1.165) is 19.3 Å². The molecule has 0 aromatic rings. The molecule has 11 heavy (non-hydrogen) atoms. The van der Waals surface area contributed by atoms with E-state index in [-0.39, 0.29) is 0 Å². The van der Waals surface area contributed by atoms with Crippen molar-refractivity contribution >= 4 is 0 Å². The molecule has 2 nitrogen and oxygen atoms in total. The maximum atomic E-state index is 9.56. The van der Waals surface area contributed by atoms with E-state index in [0.29, 0.717) is 11.8 Å². The zero-order chi connectivity index (χ0) is 8.43. The monoisotopic (exact) mass is 158 g/mol. The third kappa shape index (κ3) is 1.94. The number of aliphatic hydroxyl groups is 2. The van der Waals surface area contributed by atoms with Gasteiger partial charge in [0.15, 0.2) is 0 Å². The van der Waals surface area contributed by atoms with Gasteiger partial charge in [0.1, 0.15) is 0 Å². The fourth-order valence-electron chi connectivity index (χ4n) is 1.92. The van der Waals surface area contributed by atoms with Crippen LogP contribution in [0.1, 0.15) is 33.1 Å². The van der Waals surface area contributed by atoms with Gasteiger partial charge in [0.25, 0.3) is 0 Å². The molecule has 1 fully saturated rings. The van der Waals surface area contributed by atoms with Gasteiger partial charge in [-0.15, -0.1) is 0 Å². The molecule has 0 amide bonds. The molecule has 2 N–H and O–H groups in total. The lowest BCUT2D eigenvalue weighted by Crippen LogP contribution is -2.39. The van der Waals surface area contributed by atoms with Crippen LogP contribution in [0.4, 0.5) is 0 Å². The van der Waals surface area contributed by atoms with Crippen molar-refractivity contribution in [1.82, 2.24) is 0 Å². The van der Waals surface area contributed by atoms with Crippen molar-refractivity contribution in [3.05, 3.63) is 0 Å². The Morgan fingerprint density at radius 3 is 2.27 bits per heavy atom. The zero-order valence-corrected chi connectivity index (χ0v) is 7.33. The Bertz CT molecular complexity index is 123. The van der Waals surface area contributed by atoms with Gasteiger partial charge in [0, 0.05) is 0 Å². The highest BCUT2D eigenvalue weighted by Gasteiger charge is 2.31. The maximum Gasteiger partial charge on any atom is 0.0829 e. The fourth-order valence-corrected chi connectivity index (χ4v) is 1.92. The largest absolute Gasteiger partial charge is 0.390 e. The van der Waals surface area contributed by atoms with Crippen LogP contribution in [0.2, 0.25) is 0 Å². The molecule has 0 aromatic carbocycles. The van der Waals surface area contributed by atoms with Crippen molar-refractivity contribution in [3.8, 4) is 0 Å². The first kappa shape index (κ1) is 9.01. The molecule has 1 aliphatic rings. The molecule has 2 heteroatoms. The summed E-state index contributed by atoms with van der Waals surface area (Å²) in [6, 6.07) is 0. The average Bonchev–Trinajstić information content (AvgIpc) is 1.94. The topological polar surface area (TPSA) is 40.5 Å². The van der Waals surface area contributed by atoms with E-state index in [2.05, 4.69) is 13.8 Å². The van der Waals surface area contributed by atoms with Crippen molar-refractivity contribution < 1.29 is 10.2 Å². The van der Waals surface area contributed by atoms with Crippen LogP contribution in [0.25, 0.3) is 0 Å². The fraction of sp³-hybridized carbons (Fsp3) is 1.00. The van der Waals surface area contributed by atoms with E-state index in [1.807, 2.05) is 0 Å². The Balaban J connectivity index is 2.51. The van der Waals surface area contributed by atoms with Gasteiger partial charge in [0.05, 0.1) is 12.2 Å². The first-order valence-corrected chi connectivity index (χ1v) is 4.49. The summed E-state index contributed by atoms with van der Waals surface area (Å²) in [5, 5.41) is 18.9.